The third-order valence-electron chi connectivity index (χ3n) is 4.67. The Bertz CT molecular complexity index is 1060. The highest BCUT2D eigenvalue weighted by atomic mass is 19.1. The number of rotatable bonds is 6. The number of hydrogen-bond donors (Lipinski definition) is 3. The van der Waals surface area contributed by atoms with Crippen molar-refractivity contribution in [2.75, 3.05) is 20.3 Å². The van der Waals surface area contributed by atoms with E-state index in [1.165, 1.54) is 7.11 Å². The van der Waals surface area contributed by atoms with Gasteiger partial charge in [0.25, 0.3) is 11.8 Å². The smallest absolute Gasteiger partial charge is 0.276 e. The number of carbonyl (C=O) groups excluding carboxylic acids is 2. The fraction of sp³-hybridized carbons (Fsp3) is 0.316. The third kappa shape index (κ3) is 4.02. The van der Waals surface area contributed by atoms with Gasteiger partial charge in [-0.3, -0.25) is 14.4 Å². The number of ether oxygens (including phenoxy) is 1. The minimum atomic E-state index is -1.26. The molecule has 2 aromatic rings. The molecule has 9 nitrogen and oxygen atoms in total. The van der Waals surface area contributed by atoms with Gasteiger partial charge in [0.05, 0.1) is 13.2 Å². The molecule has 1 atom stereocenters. The zero-order valence-corrected chi connectivity index (χ0v) is 15.9. The second kappa shape index (κ2) is 8.59. The molecule has 3 rings (SSSR count). The van der Waals surface area contributed by atoms with Crippen molar-refractivity contribution in [3.8, 4) is 5.75 Å². The Kier molecular flexibility index (Phi) is 6.13. The van der Waals surface area contributed by atoms with Crippen molar-refractivity contribution in [2.24, 2.45) is 0 Å². The molecule has 0 bridgehead atoms. The predicted molar refractivity (Wildman–Crippen MR) is 98.8 cm³/mol. The molecule has 1 aromatic carbocycles. The molecular formula is C19H19F2N3O6. The topological polar surface area (TPSA) is 121 Å². The van der Waals surface area contributed by atoms with Crippen LogP contribution in [0.5, 0.6) is 5.75 Å². The molecule has 2 amide bonds. The van der Waals surface area contributed by atoms with E-state index in [-0.39, 0.29) is 37.5 Å². The molecule has 3 N–H and O–H groups in total. The highest BCUT2D eigenvalue weighted by molar-refractivity contribution is 5.99. The Balaban J connectivity index is 1.86. The molecule has 30 heavy (non-hydrogen) atoms. The zero-order chi connectivity index (χ0) is 22.0. The summed E-state index contributed by atoms with van der Waals surface area (Å²) >= 11 is 0. The van der Waals surface area contributed by atoms with E-state index >= 15 is 0 Å². The van der Waals surface area contributed by atoms with Crippen LogP contribution in [0, 0.1) is 11.6 Å². The first-order valence-corrected chi connectivity index (χ1v) is 8.91. The molecule has 1 aliphatic heterocycles. The first-order chi connectivity index (χ1) is 14.2. The lowest BCUT2D eigenvalue weighted by molar-refractivity contribution is -0.0206. The van der Waals surface area contributed by atoms with Crippen LogP contribution in [0.3, 0.4) is 0 Å². The van der Waals surface area contributed by atoms with Gasteiger partial charge < -0.3 is 29.7 Å². The number of nitrogens with zero attached hydrogens (tertiary/aromatic N) is 2. The highest BCUT2D eigenvalue weighted by Crippen LogP contribution is 2.22. The van der Waals surface area contributed by atoms with Gasteiger partial charge in [-0.15, -0.1) is 0 Å². The minimum Gasteiger partial charge on any atom is -0.503 e. The van der Waals surface area contributed by atoms with Gasteiger partial charge >= 0.3 is 0 Å². The van der Waals surface area contributed by atoms with Crippen LogP contribution in [0.2, 0.25) is 0 Å². The third-order valence-corrected chi connectivity index (χ3v) is 4.67. The molecule has 160 valence electrons. The van der Waals surface area contributed by atoms with Gasteiger partial charge in [-0.1, -0.05) is 6.07 Å². The van der Waals surface area contributed by atoms with Crippen LogP contribution in [0.15, 0.2) is 29.2 Å². The largest absolute Gasteiger partial charge is 0.503 e. The number of amides is 2. The number of methoxy groups -OCH3 is 1. The number of fused-ring (bicyclic) bond motifs is 1. The summed E-state index contributed by atoms with van der Waals surface area (Å²) < 4.78 is 32.7. The van der Waals surface area contributed by atoms with Crippen molar-refractivity contribution in [3.05, 3.63) is 63.1 Å². The quantitative estimate of drug-likeness (QED) is 0.610. The maximum atomic E-state index is 13.7. The summed E-state index contributed by atoms with van der Waals surface area (Å²) in [6.45, 7) is -0.353. The second-order valence-corrected chi connectivity index (χ2v) is 6.61. The van der Waals surface area contributed by atoms with Gasteiger partial charge in [0.1, 0.15) is 23.4 Å². The van der Waals surface area contributed by atoms with Crippen LogP contribution in [0.4, 0.5) is 8.78 Å². The molecule has 0 saturated carbocycles. The average Bonchev–Trinajstić information content (AvgIpc) is 2.69. The van der Waals surface area contributed by atoms with Crippen LogP contribution in [0.25, 0.3) is 0 Å². The van der Waals surface area contributed by atoms with Crippen molar-refractivity contribution in [1.82, 2.24) is 14.8 Å². The number of carbonyl (C=O) groups is 2. The molecule has 1 unspecified atom stereocenters. The molecule has 0 aliphatic carbocycles. The van der Waals surface area contributed by atoms with Crippen molar-refractivity contribution in [3.63, 3.8) is 0 Å². The SMILES string of the molecule is COCCN1C(=O)c2c(O)c(=O)c(C(=O)NCc3ccc(F)cc3F)cn2CC1O. The van der Waals surface area contributed by atoms with Crippen molar-refractivity contribution in [2.45, 2.75) is 19.3 Å². The lowest BCUT2D eigenvalue weighted by atomic mass is 10.1. The van der Waals surface area contributed by atoms with Crippen molar-refractivity contribution < 1.29 is 33.3 Å². The van der Waals surface area contributed by atoms with Gasteiger partial charge in [0, 0.05) is 38.0 Å². The van der Waals surface area contributed by atoms with E-state index in [0.717, 1.165) is 27.8 Å². The Labute approximate surface area is 169 Å². The molecule has 0 radical (unpaired) electrons. The van der Waals surface area contributed by atoms with E-state index in [2.05, 4.69) is 5.32 Å². The van der Waals surface area contributed by atoms with Crippen LogP contribution in [-0.2, 0) is 17.8 Å². The summed E-state index contributed by atoms with van der Waals surface area (Å²) in [5, 5.41) is 22.8. The van der Waals surface area contributed by atoms with E-state index in [0.29, 0.717) is 6.07 Å². The van der Waals surface area contributed by atoms with E-state index < -0.39 is 46.4 Å². The van der Waals surface area contributed by atoms with Crippen molar-refractivity contribution in [1.29, 1.82) is 0 Å². The summed E-state index contributed by atoms with van der Waals surface area (Å²) in [5.74, 6) is -4.30. The second-order valence-electron chi connectivity index (χ2n) is 6.61. The number of nitrogens with one attached hydrogen (secondary N) is 1. The molecule has 1 aromatic heterocycles. The number of aromatic nitrogens is 1. The monoisotopic (exact) mass is 423 g/mol. The predicted octanol–water partition coefficient (Wildman–Crippen LogP) is 0.183. The summed E-state index contributed by atoms with van der Waals surface area (Å²) in [6.07, 6.45) is -0.214. The first-order valence-electron chi connectivity index (χ1n) is 8.91. The molecule has 0 spiro atoms. The molecule has 0 saturated heterocycles. The molecule has 11 heteroatoms. The Morgan fingerprint density at radius 2 is 2.07 bits per heavy atom. The number of benzene rings is 1. The van der Waals surface area contributed by atoms with Crippen LogP contribution in [0.1, 0.15) is 26.4 Å². The van der Waals surface area contributed by atoms with E-state index in [9.17, 15) is 33.4 Å². The number of aliphatic hydroxyl groups is 1. The average molecular weight is 423 g/mol. The van der Waals surface area contributed by atoms with Gasteiger partial charge in [0.2, 0.25) is 5.43 Å². The van der Waals surface area contributed by atoms with Crippen LogP contribution < -0.4 is 10.7 Å². The number of pyridine rings is 1. The van der Waals surface area contributed by atoms with E-state index in [1.807, 2.05) is 0 Å². The zero-order valence-electron chi connectivity index (χ0n) is 15.9. The van der Waals surface area contributed by atoms with Crippen LogP contribution >= 0.6 is 0 Å². The number of aliphatic hydroxyl groups excluding tert-OH is 1. The van der Waals surface area contributed by atoms with Gasteiger partial charge in [-0.2, -0.15) is 0 Å². The molecule has 2 heterocycles. The van der Waals surface area contributed by atoms with Gasteiger partial charge in [0.15, 0.2) is 11.4 Å². The Morgan fingerprint density at radius 1 is 1.33 bits per heavy atom. The van der Waals surface area contributed by atoms with Crippen molar-refractivity contribution >= 4 is 11.8 Å². The summed E-state index contributed by atoms with van der Waals surface area (Å²) in [4.78, 5) is 38.5. The fourth-order valence-electron chi connectivity index (χ4n) is 3.10. The summed E-state index contributed by atoms with van der Waals surface area (Å²) in [5.41, 5.74) is -1.95. The first kappa shape index (κ1) is 21.4. The normalized spacial score (nSPS) is 15.8. The lowest BCUT2D eigenvalue weighted by Gasteiger charge is -2.34. The number of hydrogen-bond acceptors (Lipinski definition) is 6. The van der Waals surface area contributed by atoms with Gasteiger partial charge in [-0.05, 0) is 6.07 Å². The van der Waals surface area contributed by atoms with E-state index in [1.54, 1.807) is 0 Å². The van der Waals surface area contributed by atoms with Gasteiger partial charge in [-0.25, -0.2) is 8.78 Å². The lowest BCUT2D eigenvalue weighted by Crippen LogP contribution is -2.50. The standard InChI is InChI=1S/C19H19F2N3O6/c1-30-5-4-24-14(25)9-23-8-12(16(26)17(27)15(23)19(24)29)18(28)22-7-10-2-3-11(20)6-13(10)21/h2-3,6,8,14,25,27H,4-5,7,9H2,1H3,(H,22,28). The molecular weight excluding hydrogens is 404 g/mol. The maximum absolute atomic E-state index is 13.7. The number of halogens is 2. The summed E-state index contributed by atoms with van der Waals surface area (Å²) in [7, 11) is 1.42. The number of aromatic hydroxyl groups is 1. The van der Waals surface area contributed by atoms with Crippen LogP contribution in [-0.4, -0.2) is 58.0 Å². The maximum Gasteiger partial charge on any atom is 0.276 e. The Hall–Kier alpha value is -3.31. The van der Waals surface area contributed by atoms with E-state index in [4.69, 9.17) is 4.74 Å². The molecule has 0 fully saturated rings. The highest BCUT2D eigenvalue weighted by Gasteiger charge is 2.35. The fourth-order valence-corrected chi connectivity index (χ4v) is 3.10. The minimum absolute atomic E-state index is 0.00795. The molecule has 1 aliphatic rings. The Morgan fingerprint density at radius 3 is 2.73 bits per heavy atom. The summed E-state index contributed by atoms with van der Waals surface area (Å²) in [6, 6.07) is 2.82.